The molecule has 1 unspecified atom stereocenters. The van der Waals surface area contributed by atoms with Crippen molar-refractivity contribution >= 4 is 22.7 Å². The van der Waals surface area contributed by atoms with Crippen molar-refractivity contribution in [1.82, 2.24) is 14.8 Å². The summed E-state index contributed by atoms with van der Waals surface area (Å²) < 4.78 is 6.96. The van der Waals surface area contributed by atoms with Crippen LogP contribution in [0.5, 0.6) is 0 Å². The van der Waals surface area contributed by atoms with Gasteiger partial charge in [-0.05, 0) is 6.42 Å². The van der Waals surface area contributed by atoms with Crippen LogP contribution in [0, 0.1) is 5.92 Å². The molecule has 2 N–H and O–H groups in total. The number of aromatic nitrogens is 3. The van der Waals surface area contributed by atoms with E-state index in [1.165, 1.54) is 6.20 Å². The first-order valence-corrected chi connectivity index (χ1v) is 6.52. The topological polar surface area (TPSA) is 89.3 Å². The zero-order valence-electron chi connectivity index (χ0n) is 11.2. The molecule has 1 saturated heterocycles. The number of rotatable bonds is 4. The Hall–Kier alpha value is -2.15. The number of aryl methyl sites for hydroxylation is 1. The number of hydrogen-bond acceptors (Lipinski definition) is 5. The van der Waals surface area contributed by atoms with Gasteiger partial charge in [-0.1, -0.05) is 0 Å². The fourth-order valence-electron chi connectivity index (χ4n) is 2.44. The van der Waals surface area contributed by atoms with E-state index >= 15 is 0 Å². The van der Waals surface area contributed by atoms with Crippen molar-refractivity contribution in [3.8, 4) is 0 Å². The number of carbonyl (C=O) groups is 1. The molecule has 0 saturated carbocycles. The van der Waals surface area contributed by atoms with Crippen LogP contribution >= 0.6 is 0 Å². The van der Waals surface area contributed by atoms with Crippen molar-refractivity contribution in [3.05, 3.63) is 18.0 Å². The zero-order valence-corrected chi connectivity index (χ0v) is 11.2. The molecule has 2 aromatic heterocycles. The smallest absolute Gasteiger partial charge is 0.339 e. The summed E-state index contributed by atoms with van der Waals surface area (Å²) in [6.45, 7) is 2.18. The summed E-state index contributed by atoms with van der Waals surface area (Å²) >= 11 is 0. The summed E-state index contributed by atoms with van der Waals surface area (Å²) in [6, 6.07) is 0. The summed E-state index contributed by atoms with van der Waals surface area (Å²) in [7, 11) is 1.78. The lowest BCUT2D eigenvalue weighted by Crippen LogP contribution is -2.16. The number of carboxylic acid groups (broad SMARTS) is 1. The Labute approximate surface area is 115 Å². The second kappa shape index (κ2) is 5.09. The molecule has 7 nitrogen and oxygen atoms in total. The molecule has 106 valence electrons. The Morgan fingerprint density at radius 2 is 2.45 bits per heavy atom. The van der Waals surface area contributed by atoms with E-state index in [9.17, 15) is 9.90 Å². The predicted octanol–water partition coefficient (Wildman–Crippen LogP) is 1.11. The maximum atomic E-state index is 11.3. The minimum absolute atomic E-state index is 0.171. The van der Waals surface area contributed by atoms with E-state index in [-0.39, 0.29) is 5.56 Å². The lowest BCUT2D eigenvalue weighted by atomic mass is 10.1. The quantitative estimate of drug-likeness (QED) is 0.869. The molecule has 0 aromatic carbocycles. The molecule has 0 aliphatic carbocycles. The van der Waals surface area contributed by atoms with Gasteiger partial charge in [-0.3, -0.25) is 4.68 Å². The summed E-state index contributed by atoms with van der Waals surface area (Å²) in [5.41, 5.74) is 1.42. The van der Waals surface area contributed by atoms with Crippen LogP contribution in [0.3, 0.4) is 0 Å². The van der Waals surface area contributed by atoms with E-state index in [0.29, 0.717) is 23.8 Å². The average molecular weight is 276 g/mol. The molecule has 3 heterocycles. The van der Waals surface area contributed by atoms with E-state index < -0.39 is 5.97 Å². The Kier molecular flexibility index (Phi) is 3.27. The summed E-state index contributed by atoms with van der Waals surface area (Å²) in [5.74, 6) is -0.579. The van der Waals surface area contributed by atoms with Crippen molar-refractivity contribution in [2.24, 2.45) is 13.0 Å². The third kappa shape index (κ3) is 2.20. The van der Waals surface area contributed by atoms with Crippen LogP contribution in [0.25, 0.3) is 11.0 Å². The van der Waals surface area contributed by atoms with Crippen molar-refractivity contribution in [2.75, 3.05) is 25.1 Å². The largest absolute Gasteiger partial charge is 0.478 e. The first kappa shape index (κ1) is 12.9. The van der Waals surface area contributed by atoms with E-state index in [0.717, 1.165) is 25.0 Å². The number of nitrogens with one attached hydrogen (secondary N) is 1. The third-order valence-electron chi connectivity index (χ3n) is 3.58. The number of ether oxygens (including phenoxy) is 1. The second-order valence-corrected chi connectivity index (χ2v) is 4.97. The van der Waals surface area contributed by atoms with Crippen molar-refractivity contribution < 1.29 is 14.6 Å². The fraction of sp³-hybridized carbons (Fsp3) is 0.462. The number of hydrogen-bond donors (Lipinski definition) is 2. The molecule has 0 amide bonds. The van der Waals surface area contributed by atoms with Gasteiger partial charge in [-0.15, -0.1) is 0 Å². The normalized spacial score (nSPS) is 18.6. The first-order valence-electron chi connectivity index (χ1n) is 6.52. The van der Waals surface area contributed by atoms with E-state index in [2.05, 4.69) is 15.4 Å². The van der Waals surface area contributed by atoms with Crippen LogP contribution in [-0.2, 0) is 11.8 Å². The van der Waals surface area contributed by atoms with Gasteiger partial charge in [0.25, 0.3) is 0 Å². The molecule has 2 aromatic rings. The van der Waals surface area contributed by atoms with Gasteiger partial charge >= 0.3 is 5.97 Å². The number of fused-ring (bicyclic) bond motifs is 1. The maximum Gasteiger partial charge on any atom is 0.339 e. The van der Waals surface area contributed by atoms with E-state index in [1.54, 1.807) is 17.9 Å². The van der Waals surface area contributed by atoms with E-state index in [1.807, 2.05) is 0 Å². The number of anilines is 1. The van der Waals surface area contributed by atoms with E-state index in [4.69, 9.17) is 4.74 Å². The minimum Gasteiger partial charge on any atom is -0.478 e. The zero-order chi connectivity index (χ0) is 14.1. The van der Waals surface area contributed by atoms with Gasteiger partial charge in [-0.25, -0.2) is 9.78 Å². The molecule has 1 fully saturated rings. The van der Waals surface area contributed by atoms with Crippen molar-refractivity contribution in [1.29, 1.82) is 0 Å². The van der Waals surface area contributed by atoms with Gasteiger partial charge in [0.05, 0.1) is 23.9 Å². The molecule has 3 rings (SSSR count). The number of carboxylic acids is 1. The second-order valence-electron chi connectivity index (χ2n) is 4.97. The molecular weight excluding hydrogens is 260 g/mol. The van der Waals surface area contributed by atoms with Crippen LogP contribution < -0.4 is 5.32 Å². The molecule has 1 atom stereocenters. The van der Waals surface area contributed by atoms with Gasteiger partial charge in [0.15, 0.2) is 5.65 Å². The predicted molar refractivity (Wildman–Crippen MR) is 72.9 cm³/mol. The Balaban J connectivity index is 1.96. The van der Waals surface area contributed by atoms with Gasteiger partial charge in [-0.2, -0.15) is 5.10 Å². The van der Waals surface area contributed by atoms with Gasteiger partial charge in [0, 0.05) is 32.3 Å². The maximum absolute atomic E-state index is 11.3. The highest BCUT2D eigenvalue weighted by Crippen LogP contribution is 2.26. The number of aromatic carboxylic acids is 1. The van der Waals surface area contributed by atoms with Gasteiger partial charge in [0.2, 0.25) is 0 Å². The van der Waals surface area contributed by atoms with Gasteiger partial charge in [0.1, 0.15) is 5.56 Å². The summed E-state index contributed by atoms with van der Waals surface area (Å²) in [4.78, 5) is 15.5. The molecule has 1 aliphatic rings. The SMILES string of the molecule is Cn1ncc2c(NCC3CCOC3)c(C(=O)O)cnc21. The molecule has 1 aliphatic heterocycles. The van der Waals surface area contributed by atoms with Crippen LogP contribution in [0.2, 0.25) is 0 Å². The van der Waals surface area contributed by atoms with Crippen molar-refractivity contribution in [2.45, 2.75) is 6.42 Å². The first-order chi connectivity index (χ1) is 9.66. The Morgan fingerprint density at radius 1 is 1.60 bits per heavy atom. The van der Waals surface area contributed by atoms with Crippen LogP contribution in [-0.4, -0.2) is 45.6 Å². The summed E-state index contributed by atoms with van der Waals surface area (Å²) in [5, 5.41) is 17.4. The minimum atomic E-state index is -0.992. The number of pyridine rings is 1. The summed E-state index contributed by atoms with van der Waals surface area (Å²) in [6.07, 6.45) is 4.01. The fourth-order valence-corrected chi connectivity index (χ4v) is 2.44. The lowest BCUT2D eigenvalue weighted by molar-refractivity contribution is 0.0697. The highest BCUT2D eigenvalue weighted by molar-refractivity contribution is 6.03. The Morgan fingerprint density at radius 3 is 3.15 bits per heavy atom. The number of nitrogens with zero attached hydrogens (tertiary/aromatic N) is 3. The highest BCUT2D eigenvalue weighted by atomic mass is 16.5. The van der Waals surface area contributed by atoms with Crippen LogP contribution in [0.1, 0.15) is 16.8 Å². The molecule has 7 heteroatoms. The van der Waals surface area contributed by atoms with Crippen molar-refractivity contribution in [3.63, 3.8) is 0 Å². The monoisotopic (exact) mass is 276 g/mol. The Bertz CT molecular complexity index is 646. The van der Waals surface area contributed by atoms with Crippen LogP contribution in [0.15, 0.2) is 12.4 Å². The molecular formula is C13H16N4O3. The van der Waals surface area contributed by atoms with Gasteiger partial charge < -0.3 is 15.2 Å². The molecule has 0 bridgehead atoms. The standard InChI is InChI=1S/C13H16N4O3/c1-17-12-9(6-16-17)11(10(5-15-12)13(18)19)14-4-8-2-3-20-7-8/h5-6,8H,2-4,7H2,1H3,(H,14,15)(H,18,19). The molecule has 0 spiro atoms. The average Bonchev–Trinajstić information content (AvgIpc) is 3.06. The third-order valence-corrected chi connectivity index (χ3v) is 3.58. The lowest BCUT2D eigenvalue weighted by Gasteiger charge is -2.13. The van der Waals surface area contributed by atoms with Crippen LogP contribution in [0.4, 0.5) is 5.69 Å². The highest BCUT2D eigenvalue weighted by Gasteiger charge is 2.20. The molecule has 0 radical (unpaired) electrons. The molecule has 20 heavy (non-hydrogen) atoms.